The van der Waals surface area contributed by atoms with Gasteiger partial charge in [-0.05, 0) is 30.3 Å². The normalized spacial score (nSPS) is 21.7. The van der Waals surface area contributed by atoms with Gasteiger partial charge in [0.1, 0.15) is 10.6 Å². The molecule has 2 aromatic rings. The second kappa shape index (κ2) is 8.38. The Balaban J connectivity index is 1.64. The number of sulfonamides is 2. The first-order valence-corrected chi connectivity index (χ1v) is 13.2. The van der Waals surface area contributed by atoms with E-state index in [-0.39, 0.29) is 35.2 Å². The maximum atomic E-state index is 13.5. The largest absolute Gasteiger partial charge is 0.495 e. The van der Waals surface area contributed by atoms with Crippen LogP contribution in [0.25, 0.3) is 0 Å². The van der Waals surface area contributed by atoms with Gasteiger partial charge in [0.25, 0.3) is 0 Å². The number of hydrogen-bond donors (Lipinski definition) is 0. The van der Waals surface area contributed by atoms with Crippen molar-refractivity contribution in [2.24, 2.45) is 5.92 Å². The highest BCUT2D eigenvalue weighted by Gasteiger charge is 2.43. The Morgan fingerprint density at radius 2 is 1.62 bits per heavy atom. The van der Waals surface area contributed by atoms with Crippen molar-refractivity contribution < 1.29 is 26.4 Å². The summed E-state index contributed by atoms with van der Waals surface area (Å²) in [6.07, 6.45) is 0. The lowest BCUT2D eigenvalue weighted by atomic mass is 10.2. The van der Waals surface area contributed by atoms with E-state index < -0.39 is 31.9 Å². The van der Waals surface area contributed by atoms with Crippen LogP contribution in [0.15, 0.2) is 53.4 Å². The second-order valence-electron chi connectivity index (χ2n) is 7.84. The number of benzene rings is 2. The summed E-state index contributed by atoms with van der Waals surface area (Å²) >= 11 is 0. The van der Waals surface area contributed by atoms with Crippen LogP contribution in [0.1, 0.15) is 6.92 Å². The number of hydrogen-bond acceptors (Lipinski definition) is 7. The number of amides is 1. The van der Waals surface area contributed by atoms with Gasteiger partial charge in [0.05, 0.1) is 24.5 Å². The average molecular weight is 480 g/mol. The van der Waals surface area contributed by atoms with E-state index in [1.165, 1.54) is 36.5 Å². The van der Waals surface area contributed by atoms with E-state index in [0.717, 1.165) is 5.69 Å². The first-order valence-electron chi connectivity index (χ1n) is 10.2. The second-order valence-corrected chi connectivity index (χ2v) is 11.6. The third-order valence-corrected chi connectivity index (χ3v) is 9.51. The summed E-state index contributed by atoms with van der Waals surface area (Å²) in [6.45, 7) is 3.10. The van der Waals surface area contributed by atoms with Gasteiger partial charge in [0.2, 0.25) is 26.0 Å². The molecule has 0 N–H and O–H groups in total. The van der Waals surface area contributed by atoms with Gasteiger partial charge in [-0.2, -0.15) is 4.31 Å². The van der Waals surface area contributed by atoms with Crippen molar-refractivity contribution in [1.29, 1.82) is 0 Å². The minimum absolute atomic E-state index is 0.00152. The molecule has 2 aliphatic rings. The zero-order chi connectivity index (χ0) is 23.1. The quantitative estimate of drug-likeness (QED) is 0.640. The topological polar surface area (TPSA) is 104 Å². The number of anilines is 2. The summed E-state index contributed by atoms with van der Waals surface area (Å²) in [5, 5.41) is 0. The molecule has 2 aliphatic heterocycles. The first kappa shape index (κ1) is 22.6. The van der Waals surface area contributed by atoms with Crippen molar-refractivity contribution in [3.8, 4) is 5.75 Å². The molecule has 2 saturated heterocycles. The Bertz CT molecular complexity index is 1220. The molecule has 0 aromatic heterocycles. The smallest absolute Gasteiger partial charge is 0.246 e. The predicted molar refractivity (Wildman–Crippen MR) is 121 cm³/mol. The molecule has 1 amide bonds. The van der Waals surface area contributed by atoms with Crippen molar-refractivity contribution in [2.45, 2.75) is 11.8 Å². The van der Waals surface area contributed by atoms with E-state index in [1.807, 2.05) is 30.3 Å². The van der Waals surface area contributed by atoms with E-state index in [4.69, 9.17) is 4.74 Å². The van der Waals surface area contributed by atoms with Crippen molar-refractivity contribution in [3.63, 3.8) is 0 Å². The maximum absolute atomic E-state index is 13.5. The van der Waals surface area contributed by atoms with E-state index in [2.05, 4.69) is 4.90 Å². The van der Waals surface area contributed by atoms with Crippen molar-refractivity contribution >= 4 is 37.3 Å². The van der Waals surface area contributed by atoms with Crippen LogP contribution >= 0.6 is 0 Å². The Hall–Kier alpha value is -2.63. The summed E-state index contributed by atoms with van der Waals surface area (Å²) in [7, 11) is -6.49. The average Bonchev–Trinajstić information content (AvgIpc) is 3.00. The van der Waals surface area contributed by atoms with Crippen LogP contribution in [0.4, 0.5) is 11.4 Å². The Labute approximate surface area is 188 Å². The van der Waals surface area contributed by atoms with Crippen LogP contribution in [-0.2, 0) is 24.8 Å². The number of carbonyl (C=O) groups excluding carboxylic acids is 1. The highest BCUT2D eigenvalue weighted by atomic mass is 32.2. The van der Waals surface area contributed by atoms with Crippen molar-refractivity contribution in [3.05, 3.63) is 48.5 Å². The van der Waals surface area contributed by atoms with Gasteiger partial charge < -0.3 is 9.64 Å². The van der Waals surface area contributed by atoms with Crippen LogP contribution in [0.2, 0.25) is 0 Å². The number of piperazine rings is 1. The number of para-hydroxylation sites is 1. The summed E-state index contributed by atoms with van der Waals surface area (Å²) < 4.78 is 59.2. The monoisotopic (exact) mass is 479 g/mol. The van der Waals surface area contributed by atoms with Crippen LogP contribution in [0, 0.1) is 5.92 Å². The van der Waals surface area contributed by atoms with Crippen LogP contribution < -0.4 is 13.9 Å². The standard InChI is InChI=1S/C21H25N3O6S2/c1-16-15-31(26,27)24(21(16)25)18-8-9-19(30-2)20(14-18)32(28,29)23-12-10-22(11-13-23)17-6-4-3-5-7-17/h3-9,14,16H,10-13,15H2,1-2H3/t16-/m0/s1. The molecule has 0 aliphatic carbocycles. The Morgan fingerprint density at radius 1 is 0.969 bits per heavy atom. The predicted octanol–water partition coefficient (Wildman–Crippen LogP) is 1.52. The molecule has 0 radical (unpaired) electrons. The molecule has 11 heteroatoms. The summed E-state index contributed by atoms with van der Waals surface area (Å²) in [4.78, 5) is 14.4. The van der Waals surface area contributed by atoms with Crippen molar-refractivity contribution in [2.75, 3.05) is 48.2 Å². The maximum Gasteiger partial charge on any atom is 0.246 e. The lowest BCUT2D eigenvalue weighted by molar-refractivity contribution is -0.119. The highest BCUT2D eigenvalue weighted by molar-refractivity contribution is 7.94. The van der Waals surface area contributed by atoms with Gasteiger partial charge in [-0.3, -0.25) is 4.79 Å². The van der Waals surface area contributed by atoms with Crippen LogP contribution in [0.5, 0.6) is 5.75 Å². The van der Waals surface area contributed by atoms with E-state index in [9.17, 15) is 21.6 Å². The Morgan fingerprint density at radius 3 is 2.19 bits per heavy atom. The van der Waals surface area contributed by atoms with Gasteiger partial charge in [-0.25, -0.2) is 21.1 Å². The molecule has 2 aromatic carbocycles. The zero-order valence-electron chi connectivity index (χ0n) is 17.8. The van der Waals surface area contributed by atoms with E-state index >= 15 is 0 Å². The molecule has 32 heavy (non-hydrogen) atoms. The molecule has 0 unspecified atom stereocenters. The van der Waals surface area contributed by atoms with Gasteiger partial charge in [-0.15, -0.1) is 0 Å². The fraction of sp³-hybridized carbons (Fsp3) is 0.381. The van der Waals surface area contributed by atoms with Gasteiger partial charge in [0.15, 0.2) is 0 Å². The number of ether oxygens (including phenoxy) is 1. The number of nitrogens with zero attached hydrogens (tertiary/aromatic N) is 3. The zero-order valence-corrected chi connectivity index (χ0v) is 19.5. The molecular weight excluding hydrogens is 454 g/mol. The first-order chi connectivity index (χ1) is 15.1. The van der Waals surface area contributed by atoms with Gasteiger partial charge in [-0.1, -0.05) is 25.1 Å². The molecule has 2 fully saturated rings. The van der Waals surface area contributed by atoms with Crippen LogP contribution in [0.3, 0.4) is 0 Å². The SMILES string of the molecule is COc1ccc(N2C(=O)[C@@H](C)CS2(=O)=O)cc1S(=O)(=O)N1CCN(c2ccccc2)CC1. The fourth-order valence-electron chi connectivity index (χ4n) is 4.04. The molecule has 9 nitrogen and oxygen atoms in total. The number of methoxy groups -OCH3 is 1. The van der Waals surface area contributed by atoms with Crippen LogP contribution in [-0.4, -0.2) is 66.1 Å². The summed E-state index contributed by atoms with van der Waals surface area (Å²) in [6, 6.07) is 13.7. The molecule has 0 saturated carbocycles. The molecular formula is C21H25N3O6S2. The number of carbonyl (C=O) groups is 1. The molecule has 4 rings (SSSR count). The third-order valence-electron chi connectivity index (χ3n) is 5.72. The lowest BCUT2D eigenvalue weighted by Crippen LogP contribution is -2.48. The van der Waals surface area contributed by atoms with Gasteiger partial charge in [0, 0.05) is 31.9 Å². The molecule has 0 spiro atoms. The van der Waals surface area contributed by atoms with E-state index in [1.54, 1.807) is 0 Å². The van der Waals surface area contributed by atoms with E-state index in [0.29, 0.717) is 17.4 Å². The number of rotatable bonds is 5. The molecule has 172 valence electrons. The molecule has 1 atom stereocenters. The summed E-state index contributed by atoms with van der Waals surface area (Å²) in [5.74, 6) is -1.47. The highest BCUT2D eigenvalue weighted by Crippen LogP contribution is 2.35. The fourth-order valence-corrected chi connectivity index (χ4v) is 7.45. The van der Waals surface area contributed by atoms with Gasteiger partial charge >= 0.3 is 0 Å². The third kappa shape index (κ3) is 3.96. The minimum atomic E-state index is -3.98. The Kier molecular flexibility index (Phi) is 5.91. The summed E-state index contributed by atoms with van der Waals surface area (Å²) in [5.41, 5.74) is 1.03. The molecule has 0 bridgehead atoms. The van der Waals surface area contributed by atoms with Crippen molar-refractivity contribution in [1.82, 2.24) is 4.31 Å². The molecule has 2 heterocycles. The minimum Gasteiger partial charge on any atom is -0.495 e. The lowest BCUT2D eigenvalue weighted by Gasteiger charge is -2.35.